The summed E-state index contributed by atoms with van der Waals surface area (Å²) < 4.78 is 4.88. The van der Waals surface area contributed by atoms with Crippen molar-refractivity contribution in [3.05, 3.63) is 251 Å². The maximum absolute atomic E-state index is 13.5. The molecule has 412 valence electrons. The third-order valence-electron chi connectivity index (χ3n) is 15.6. The standard InChI is InChI=1S/2C32H25Cl2N3O4/c2*1-16-19(6-4-8-25(16)37-27(38)15-26-23(33)7-5-11-36(26)31(37)40)29-24(34)14-22(30(35)39)21-13-17-12-18(32(2,3)41)9-10-20(17)28(21)29/h2*4-12,14-15,41H,13H2,1-3H3,(H2,35,39). The van der Waals surface area contributed by atoms with E-state index in [2.05, 4.69) is 0 Å². The van der Waals surface area contributed by atoms with E-state index in [1.807, 2.05) is 62.4 Å². The van der Waals surface area contributed by atoms with Gasteiger partial charge in [0.2, 0.25) is 11.8 Å². The zero-order chi connectivity index (χ0) is 58.8. The van der Waals surface area contributed by atoms with Crippen LogP contribution >= 0.6 is 46.4 Å². The topological polar surface area (TPSA) is 214 Å². The summed E-state index contributed by atoms with van der Waals surface area (Å²) in [6.45, 7) is 10.5. The molecule has 10 aromatic rings. The number of nitrogens with two attached hydrogens (primary N) is 2. The number of aliphatic hydroxyl groups is 2. The lowest BCUT2D eigenvalue weighted by Crippen LogP contribution is -2.36. The Labute approximate surface area is 488 Å². The van der Waals surface area contributed by atoms with Crippen molar-refractivity contribution in [3.8, 4) is 55.9 Å². The lowest BCUT2D eigenvalue weighted by molar-refractivity contribution is 0.0780. The number of benzene rings is 6. The molecule has 0 fully saturated rings. The van der Waals surface area contributed by atoms with Crippen molar-refractivity contribution in [1.82, 2.24) is 17.9 Å². The molecule has 14 nitrogen and oxygen atoms in total. The van der Waals surface area contributed by atoms with Gasteiger partial charge in [-0.2, -0.15) is 0 Å². The first-order valence-electron chi connectivity index (χ1n) is 25.9. The lowest BCUT2D eigenvalue weighted by Gasteiger charge is -2.20. The SMILES string of the molecule is Cc1c(-c2c(Cl)cc(C(N)=O)c3c2-c2ccc(C(C)(C)O)cc2C3)cccc1-n1c(=O)cc2c(Cl)cccn2c1=O.Cc1c(-c2c(Cl)cc(C(N)=O)c3c2-c2ccc(C(C)(C)O)cc2C3)cccc1-n1c(=O)cc2c(Cl)cccn2c1=O. The average Bonchev–Trinajstić information content (AvgIpc) is 3.53. The molecule has 82 heavy (non-hydrogen) atoms. The molecule has 6 N–H and O–H groups in total. The van der Waals surface area contributed by atoms with Crippen LogP contribution < -0.4 is 34.0 Å². The molecule has 0 atom stereocenters. The van der Waals surface area contributed by atoms with E-state index in [0.29, 0.717) is 99.8 Å². The predicted molar refractivity (Wildman–Crippen MR) is 323 cm³/mol. The van der Waals surface area contributed by atoms with Gasteiger partial charge in [-0.3, -0.25) is 28.0 Å². The van der Waals surface area contributed by atoms with Crippen LogP contribution in [0.25, 0.3) is 66.9 Å². The third kappa shape index (κ3) is 9.16. The van der Waals surface area contributed by atoms with Crippen LogP contribution in [0.4, 0.5) is 0 Å². The van der Waals surface area contributed by atoms with E-state index < -0.39 is 45.5 Å². The van der Waals surface area contributed by atoms with Crippen molar-refractivity contribution in [2.24, 2.45) is 11.5 Å². The number of aromatic nitrogens is 4. The Balaban J connectivity index is 0.000000172. The molecule has 12 rings (SSSR count). The van der Waals surface area contributed by atoms with E-state index in [-0.39, 0.29) is 0 Å². The second-order valence-corrected chi connectivity index (χ2v) is 23.2. The quantitative estimate of drug-likeness (QED) is 0.115. The monoisotopic (exact) mass is 1170 g/mol. The van der Waals surface area contributed by atoms with Gasteiger partial charge in [0.1, 0.15) is 0 Å². The zero-order valence-corrected chi connectivity index (χ0v) is 47.9. The first-order valence-corrected chi connectivity index (χ1v) is 27.4. The molecule has 0 saturated carbocycles. The molecule has 2 amide bonds. The molecular weight excluding hydrogens is 1120 g/mol. The van der Waals surface area contributed by atoms with Gasteiger partial charge in [-0.15, -0.1) is 0 Å². The number of primary amides is 2. The van der Waals surface area contributed by atoms with Crippen molar-refractivity contribution in [2.75, 3.05) is 0 Å². The van der Waals surface area contributed by atoms with Crippen molar-refractivity contribution in [1.29, 1.82) is 0 Å². The van der Waals surface area contributed by atoms with E-state index in [1.165, 1.54) is 20.9 Å². The summed E-state index contributed by atoms with van der Waals surface area (Å²) in [6, 6.07) is 34.4. The summed E-state index contributed by atoms with van der Waals surface area (Å²) in [7, 11) is 0. The van der Waals surface area contributed by atoms with Gasteiger partial charge in [-0.25, -0.2) is 18.7 Å². The predicted octanol–water partition coefficient (Wildman–Crippen LogP) is 11.3. The highest BCUT2D eigenvalue weighted by Crippen LogP contribution is 2.51. The van der Waals surface area contributed by atoms with E-state index in [0.717, 1.165) is 64.8 Å². The van der Waals surface area contributed by atoms with Crippen molar-refractivity contribution in [2.45, 2.75) is 65.6 Å². The van der Waals surface area contributed by atoms with Crippen molar-refractivity contribution >= 4 is 69.3 Å². The van der Waals surface area contributed by atoms with Crippen molar-refractivity contribution in [3.63, 3.8) is 0 Å². The first-order chi connectivity index (χ1) is 38.8. The average molecular weight is 1170 g/mol. The Morgan fingerprint density at radius 1 is 0.476 bits per heavy atom. The van der Waals surface area contributed by atoms with Crippen LogP contribution in [-0.2, 0) is 24.0 Å². The summed E-state index contributed by atoms with van der Waals surface area (Å²) in [5.74, 6) is -1.19. The minimum atomic E-state index is -1.05. The van der Waals surface area contributed by atoms with E-state index in [1.54, 1.807) is 101 Å². The highest BCUT2D eigenvalue weighted by molar-refractivity contribution is 6.36. The summed E-state index contributed by atoms with van der Waals surface area (Å²) >= 11 is 26.3. The molecule has 0 aliphatic heterocycles. The molecule has 4 aromatic heterocycles. The van der Waals surface area contributed by atoms with E-state index >= 15 is 0 Å². The zero-order valence-electron chi connectivity index (χ0n) is 44.9. The number of pyridine rings is 2. The second-order valence-electron chi connectivity index (χ2n) is 21.5. The second kappa shape index (κ2) is 20.3. The molecule has 18 heteroatoms. The smallest absolute Gasteiger partial charge is 0.340 e. The molecule has 0 saturated heterocycles. The number of hydrogen-bond acceptors (Lipinski definition) is 8. The van der Waals surface area contributed by atoms with Crippen LogP contribution in [0.1, 0.15) is 92.9 Å². The normalized spacial score (nSPS) is 12.4. The molecule has 2 aliphatic carbocycles. The van der Waals surface area contributed by atoms with Gasteiger partial charge >= 0.3 is 11.4 Å². The number of fused-ring (bicyclic) bond motifs is 8. The maximum Gasteiger partial charge on any atom is 0.340 e. The van der Waals surface area contributed by atoms with Crippen LogP contribution in [-0.4, -0.2) is 40.0 Å². The van der Waals surface area contributed by atoms with Crippen molar-refractivity contribution < 1.29 is 19.8 Å². The minimum absolute atomic E-state index is 0.294. The summed E-state index contributed by atoms with van der Waals surface area (Å²) in [6.07, 6.45) is 3.98. The van der Waals surface area contributed by atoms with Crippen LogP contribution in [0.3, 0.4) is 0 Å². The molecule has 2 aliphatic rings. The number of amides is 2. The number of rotatable bonds is 8. The fraction of sp³-hybridized carbons (Fsp3) is 0.156. The third-order valence-corrected chi connectivity index (χ3v) is 16.8. The summed E-state index contributed by atoms with van der Waals surface area (Å²) in [5.41, 5.74) is 21.5. The Morgan fingerprint density at radius 2 is 0.854 bits per heavy atom. The van der Waals surface area contributed by atoms with E-state index in [4.69, 9.17) is 57.9 Å². The van der Waals surface area contributed by atoms with Crippen LogP contribution in [0, 0.1) is 13.8 Å². The summed E-state index contributed by atoms with van der Waals surface area (Å²) in [5, 5.41) is 22.4. The Kier molecular flexibility index (Phi) is 13.7. The van der Waals surface area contributed by atoms with Gasteiger partial charge < -0.3 is 21.7 Å². The highest BCUT2D eigenvalue weighted by atomic mass is 35.5. The van der Waals surface area contributed by atoms with Gasteiger partial charge in [0.05, 0.1) is 43.7 Å². The van der Waals surface area contributed by atoms with Crippen LogP contribution in [0.5, 0.6) is 0 Å². The molecule has 4 heterocycles. The number of hydrogen-bond donors (Lipinski definition) is 4. The molecular formula is C64H50Cl4N6O8. The number of carbonyl (C=O) groups excluding carboxylic acids is 2. The number of nitrogens with zero attached hydrogens (tertiary/aromatic N) is 4. The van der Waals surface area contributed by atoms with Crippen LogP contribution in [0.15, 0.2) is 153 Å². The highest BCUT2D eigenvalue weighted by Gasteiger charge is 2.33. The number of carbonyl (C=O) groups is 2. The first kappa shape index (κ1) is 55.6. The van der Waals surface area contributed by atoms with Gasteiger partial charge in [-0.05, 0) is 181 Å². The Bertz CT molecular complexity index is 4440. The molecule has 0 bridgehead atoms. The van der Waals surface area contributed by atoms with Gasteiger partial charge in [0, 0.05) is 56.8 Å². The largest absolute Gasteiger partial charge is 0.386 e. The maximum atomic E-state index is 13.5. The Morgan fingerprint density at radius 3 is 1.21 bits per heavy atom. The van der Waals surface area contributed by atoms with Crippen LogP contribution in [0.2, 0.25) is 20.1 Å². The Hall–Kier alpha value is -8.34. The molecule has 0 spiro atoms. The fourth-order valence-corrected chi connectivity index (χ4v) is 12.6. The van der Waals surface area contributed by atoms with Gasteiger partial charge in [0.25, 0.3) is 11.1 Å². The summed E-state index contributed by atoms with van der Waals surface area (Å²) in [4.78, 5) is 78.5. The lowest BCUT2D eigenvalue weighted by atomic mass is 9.88. The molecule has 0 unspecified atom stereocenters. The fourth-order valence-electron chi connectivity index (χ4n) is 11.5. The van der Waals surface area contributed by atoms with Gasteiger partial charge in [-0.1, -0.05) is 107 Å². The van der Waals surface area contributed by atoms with Gasteiger partial charge in [0.15, 0.2) is 0 Å². The molecule has 6 aromatic carbocycles. The molecule has 0 radical (unpaired) electrons. The van der Waals surface area contributed by atoms with E-state index in [9.17, 15) is 39.0 Å². The minimum Gasteiger partial charge on any atom is -0.386 e. The number of halogens is 4.